The van der Waals surface area contributed by atoms with E-state index in [4.69, 9.17) is 5.11 Å². The molecule has 0 radical (unpaired) electrons. The number of aromatic nitrogens is 3. The lowest BCUT2D eigenvalue weighted by atomic mass is 10.4. The molecular formula is C12H13N3O2S2. The van der Waals surface area contributed by atoms with Crippen molar-refractivity contribution in [2.75, 3.05) is 6.61 Å². The van der Waals surface area contributed by atoms with Gasteiger partial charge in [0.05, 0.1) is 4.88 Å². The summed E-state index contributed by atoms with van der Waals surface area (Å²) in [6.45, 7) is 2.39. The van der Waals surface area contributed by atoms with Gasteiger partial charge in [-0.25, -0.2) is 9.89 Å². The molecule has 2 rings (SSSR count). The lowest BCUT2D eigenvalue weighted by Gasteiger charge is -2.00. The van der Waals surface area contributed by atoms with Crippen molar-refractivity contribution in [2.45, 2.75) is 24.4 Å². The van der Waals surface area contributed by atoms with Crippen molar-refractivity contribution < 1.29 is 5.11 Å². The van der Waals surface area contributed by atoms with Gasteiger partial charge in [-0.05, 0) is 19.1 Å². The predicted molar refractivity (Wildman–Crippen MR) is 76.4 cm³/mol. The van der Waals surface area contributed by atoms with E-state index in [-0.39, 0.29) is 12.3 Å². The molecule has 0 amide bonds. The number of thiophene rings is 1. The van der Waals surface area contributed by atoms with Crippen LogP contribution in [0.5, 0.6) is 0 Å². The van der Waals surface area contributed by atoms with Crippen LogP contribution in [0, 0.1) is 11.8 Å². The molecule has 0 fully saturated rings. The molecule has 2 aromatic heterocycles. The molecule has 0 atom stereocenters. The molecule has 7 heteroatoms. The lowest BCUT2D eigenvalue weighted by molar-refractivity contribution is 0.350. The summed E-state index contributed by atoms with van der Waals surface area (Å²) in [6.07, 6.45) is 0. The number of thioether (sulfide) groups is 1. The lowest BCUT2D eigenvalue weighted by Crippen LogP contribution is -2.16. The van der Waals surface area contributed by atoms with E-state index in [0.717, 1.165) is 15.5 Å². The highest BCUT2D eigenvalue weighted by atomic mass is 32.2. The Morgan fingerprint density at radius 1 is 1.58 bits per heavy atom. The zero-order chi connectivity index (χ0) is 13.7. The van der Waals surface area contributed by atoms with Gasteiger partial charge in [0.15, 0.2) is 5.16 Å². The minimum Gasteiger partial charge on any atom is -0.384 e. The van der Waals surface area contributed by atoms with Crippen molar-refractivity contribution in [3.05, 3.63) is 32.4 Å². The molecule has 0 saturated heterocycles. The van der Waals surface area contributed by atoms with Gasteiger partial charge >= 0.3 is 5.69 Å². The zero-order valence-electron chi connectivity index (χ0n) is 10.3. The van der Waals surface area contributed by atoms with Crippen molar-refractivity contribution in [3.8, 4) is 11.8 Å². The molecule has 0 aromatic carbocycles. The first-order valence-corrected chi connectivity index (χ1v) is 7.51. The molecule has 0 bridgehead atoms. The molecule has 19 heavy (non-hydrogen) atoms. The molecule has 2 aromatic rings. The molecule has 0 unspecified atom stereocenters. The van der Waals surface area contributed by atoms with E-state index in [1.54, 1.807) is 15.9 Å². The van der Waals surface area contributed by atoms with Gasteiger partial charge in [-0.3, -0.25) is 4.57 Å². The van der Waals surface area contributed by atoms with Crippen molar-refractivity contribution in [1.29, 1.82) is 0 Å². The topological polar surface area (TPSA) is 70.9 Å². The van der Waals surface area contributed by atoms with Crippen LogP contribution in [0.25, 0.3) is 0 Å². The first-order valence-electron chi connectivity index (χ1n) is 5.71. The van der Waals surface area contributed by atoms with Gasteiger partial charge < -0.3 is 5.11 Å². The molecule has 0 saturated carbocycles. The first-order chi connectivity index (χ1) is 9.24. The summed E-state index contributed by atoms with van der Waals surface area (Å²) in [6, 6.07) is 3.93. The minimum absolute atomic E-state index is 0.127. The summed E-state index contributed by atoms with van der Waals surface area (Å²) in [7, 11) is 0. The van der Waals surface area contributed by atoms with Crippen LogP contribution in [-0.4, -0.2) is 26.5 Å². The number of H-pyrrole nitrogens is 1. The minimum atomic E-state index is -0.175. The van der Waals surface area contributed by atoms with Gasteiger partial charge in [-0.1, -0.05) is 23.6 Å². The summed E-state index contributed by atoms with van der Waals surface area (Å²) in [4.78, 5) is 13.5. The Kier molecular flexibility index (Phi) is 4.85. The van der Waals surface area contributed by atoms with Crippen LogP contribution in [0.4, 0.5) is 0 Å². The maximum absolute atomic E-state index is 11.4. The van der Waals surface area contributed by atoms with Crippen LogP contribution in [0.3, 0.4) is 0 Å². The summed E-state index contributed by atoms with van der Waals surface area (Å²) in [5, 5.41) is 15.8. The van der Waals surface area contributed by atoms with E-state index >= 15 is 0 Å². The number of nitrogens with one attached hydrogen (secondary N) is 1. The number of nitrogens with zero attached hydrogens (tertiary/aromatic N) is 2. The molecule has 2 heterocycles. The summed E-state index contributed by atoms with van der Waals surface area (Å²) >= 11 is 3.10. The van der Waals surface area contributed by atoms with E-state index in [1.807, 2.05) is 19.1 Å². The third-order valence-corrected chi connectivity index (χ3v) is 4.54. The van der Waals surface area contributed by atoms with Crippen LogP contribution < -0.4 is 5.69 Å². The molecule has 0 spiro atoms. The third kappa shape index (κ3) is 3.50. The van der Waals surface area contributed by atoms with E-state index in [2.05, 4.69) is 22.0 Å². The average molecular weight is 295 g/mol. The third-order valence-electron chi connectivity index (χ3n) is 2.34. The van der Waals surface area contributed by atoms with Gasteiger partial charge in [0.2, 0.25) is 0 Å². The fourth-order valence-corrected chi connectivity index (χ4v) is 3.41. The second-order valence-corrected chi connectivity index (χ2v) is 5.68. The Labute approximate surface area is 118 Å². The van der Waals surface area contributed by atoms with Gasteiger partial charge in [0.1, 0.15) is 6.61 Å². The fraction of sp³-hybridized carbons (Fsp3) is 0.333. The molecule has 0 aliphatic rings. The molecule has 2 N–H and O–H groups in total. The number of aliphatic hydroxyl groups is 1. The zero-order valence-corrected chi connectivity index (χ0v) is 12.0. The Balaban J connectivity index is 2.02. The van der Waals surface area contributed by atoms with Gasteiger partial charge in [0.25, 0.3) is 0 Å². The maximum Gasteiger partial charge on any atom is 0.343 e. The quantitative estimate of drug-likeness (QED) is 0.658. The smallest absolute Gasteiger partial charge is 0.343 e. The number of hydrogen-bond donors (Lipinski definition) is 2. The first kappa shape index (κ1) is 13.9. The Hall–Kier alpha value is -1.49. The second kappa shape index (κ2) is 6.61. The molecule has 5 nitrogen and oxygen atoms in total. The van der Waals surface area contributed by atoms with Crippen molar-refractivity contribution in [2.24, 2.45) is 0 Å². The molecular weight excluding hydrogens is 282 g/mol. The van der Waals surface area contributed by atoms with Crippen molar-refractivity contribution in [3.63, 3.8) is 0 Å². The number of aliphatic hydroxyl groups excluding tert-OH is 1. The van der Waals surface area contributed by atoms with E-state index < -0.39 is 0 Å². The van der Waals surface area contributed by atoms with E-state index in [9.17, 15) is 4.79 Å². The monoisotopic (exact) mass is 295 g/mol. The maximum atomic E-state index is 11.4. The van der Waals surface area contributed by atoms with Crippen molar-refractivity contribution in [1.82, 2.24) is 14.8 Å². The normalized spacial score (nSPS) is 10.2. The number of rotatable bonds is 4. The fourth-order valence-electron chi connectivity index (χ4n) is 1.48. The highest BCUT2D eigenvalue weighted by Crippen LogP contribution is 2.24. The number of aromatic amines is 1. The van der Waals surface area contributed by atoms with Gasteiger partial charge in [-0.2, -0.15) is 0 Å². The SMILES string of the molecule is CCn1c(SCc2ccc(C#CCO)s2)n[nH]c1=O. The molecule has 0 aliphatic heterocycles. The van der Waals surface area contributed by atoms with Gasteiger partial charge in [-0.15, -0.1) is 16.4 Å². The standard InChI is InChI=1S/C12H13N3O2S2/c1-2-15-11(17)13-14-12(15)18-8-10-6-5-9(19-10)4-3-7-16/h5-6,16H,2,7-8H2,1H3,(H,13,17). The van der Waals surface area contributed by atoms with Crippen LogP contribution in [0.15, 0.2) is 22.1 Å². The van der Waals surface area contributed by atoms with Crippen LogP contribution in [0.2, 0.25) is 0 Å². The average Bonchev–Trinajstić information content (AvgIpc) is 3.00. The largest absolute Gasteiger partial charge is 0.384 e. The van der Waals surface area contributed by atoms with Crippen molar-refractivity contribution >= 4 is 23.1 Å². The molecule has 100 valence electrons. The highest BCUT2D eigenvalue weighted by Gasteiger charge is 2.08. The van der Waals surface area contributed by atoms with Crippen LogP contribution in [-0.2, 0) is 12.3 Å². The predicted octanol–water partition coefficient (Wildman–Crippen LogP) is 1.29. The number of hydrogen-bond acceptors (Lipinski definition) is 5. The summed E-state index contributed by atoms with van der Waals surface area (Å²) in [5.41, 5.74) is -0.175. The second-order valence-electron chi connectivity index (χ2n) is 3.57. The Bertz CT molecular complexity index is 660. The summed E-state index contributed by atoms with van der Waals surface area (Å²) in [5.74, 6) is 6.24. The Morgan fingerprint density at radius 2 is 2.42 bits per heavy atom. The molecule has 0 aliphatic carbocycles. The van der Waals surface area contributed by atoms with Crippen LogP contribution >= 0.6 is 23.1 Å². The summed E-state index contributed by atoms with van der Waals surface area (Å²) < 4.78 is 1.60. The van der Waals surface area contributed by atoms with E-state index in [0.29, 0.717) is 11.7 Å². The van der Waals surface area contributed by atoms with E-state index in [1.165, 1.54) is 11.8 Å². The van der Waals surface area contributed by atoms with Gasteiger partial charge in [0, 0.05) is 17.2 Å². The highest BCUT2D eigenvalue weighted by molar-refractivity contribution is 7.98. The van der Waals surface area contributed by atoms with Crippen LogP contribution in [0.1, 0.15) is 16.7 Å². The Morgan fingerprint density at radius 3 is 3.16 bits per heavy atom.